The van der Waals surface area contributed by atoms with Gasteiger partial charge in [0.2, 0.25) is 5.91 Å². The van der Waals surface area contributed by atoms with Gasteiger partial charge in [0.05, 0.1) is 19.8 Å². The van der Waals surface area contributed by atoms with E-state index in [9.17, 15) is 4.79 Å². The van der Waals surface area contributed by atoms with E-state index < -0.39 is 0 Å². The first kappa shape index (κ1) is 17.4. The third-order valence-electron chi connectivity index (χ3n) is 5.06. The molecule has 2 saturated heterocycles. The van der Waals surface area contributed by atoms with Gasteiger partial charge < -0.3 is 14.8 Å². The number of para-hydroxylation sites is 1. The van der Waals surface area contributed by atoms with Crippen LogP contribution in [0, 0.1) is 0 Å². The summed E-state index contributed by atoms with van der Waals surface area (Å²) >= 11 is 0. The van der Waals surface area contributed by atoms with Crippen LogP contribution in [0.2, 0.25) is 0 Å². The zero-order chi connectivity index (χ0) is 17.0. The number of benzene rings is 1. The van der Waals surface area contributed by atoms with Crippen molar-refractivity contribution in [3.63, 3.8) is 0 Å². The molecular formula is C19H28N2O3. The number of likely N-dealkylation sites (tertiary alicyclic amines) is 1. The standard InChI is InChI=1S/C19H28N2O3/c1-3-15-6-5-7-16(4-2)18(15)20-17(22)14-21-10-8-19(9-11-21)23-12-13-24-19/h5-7H,3-4,8-14H2,1-2H3,(H,20,22). The van der Waals surface area contributed by atoms with Crippen LogP contribution in [0.5, 0.6) is 0 Å². The van der Waals surface area contributed by atoms with Gasteiger partial charge in [-0.3, -0.25) is 9.69 Å². The lowest BCUT2D eigenvalue weighted by Gasteiger charge is -2.37. The Morgan fingerprint density at radius 2 is 1.71 bits per heavy atom. The summed E-state index contributed by atoms with van der Waals surface area (Å²) in [6.45, 7) is 7.72. The topological polar surface area (TPSA) is 50.8 Å². The molecule has 3 rings (SSSR count). The minimum atomic E-state index is -0.378. The SMILES string of the molecule is CCc1cccc(CC)c1NC(=O)CN1CCC2(CC1)OCCO2. The van der Waals surface area contributed by atoms with Crippen LogP contribution in [-0.4, -0.2) is 49.4 Å². The molecule has 1 spiro atoms. The maximum absolute atomic E-state index is 12.5. The molecule has 0 radical (unpaired) electrons. The fourth-order valence-corrected chi connectivity index (χ4v) is 3.62. The van der Waals surface area contributed by atoms with Crippen LogP contribution < -0.4 is 5.32 Å². The number of hydrogen-bond acceptors (Lipinski definition) is 4. The molecule has 5 nitrogen and oxygen atoms in total. The first-order valence-corrected chi connectivity index (χ1v) is 9.06. The quantitative estimate of drug-likeness (QED) is 0.900. The zero-order valence-corrected chi connectivity index (χ0v) is 14.8. The smallest absolute Gasteiger partial charge is 0.238 e. The molecule has 5 heteroatoms. The third kappa shape index (κ3) is 3.79. The number of ether oxygens (including phenoxy) is 2. The molecule has 1 N–H and O–H groups in total. The minimum absolute atomic E-state index is 0.0646. The Bertz CT molecular complexity index is 550. The second kappa shape index (κ2) is 7.64. The van der Waals surface area contributed by atoms with Crippen LogP contribution in [0.4, 0.5) is 5.69 Å². The van der Waals surface area contributed by atoms with E-state index in [1.165, 1.54) is 11.1 Å². The van der Waals surface area contributed by atoms with Crippen molar-refractivity contribution in [2.45, 2.75) is 45.3 Å². The molecule has 0 unspecified atom stereocenters. The van der Waals surface area contributed by atoms with Crippen LogP contribution in [-0.2, 0) is 27.1 Å². The predicted molar refractivity (Wildman–Crippen MR) is 94.1 cm³/mol. The summed E-state index contributed by atoms with van der Waals surface area (Å²) in [7, 11) is 0. The Morgan fingerprint density at radius 1 is 1.12 bits per heavy atom. The molecule has 1 aromatic carbocycles. The van der Waals surface area contributed by atoms with E-state index in [1.54, 1.807) is 0 Å². The largest absolute Gasteiger partial charge is 0.347 e. The highest BCUT2D eigenvalue weighted by Gasteiger charge is 2.39. The lowest BCUT2D eigenvalue weighted by Crippen LogP contribution is -2.47. The Labute approximate surface area is 144 Å². The number of carbonyl (C=O) groups is 1. The van der Waals surface area contributed by atoms with Gasteiger partial charge >= 0.3 is 0 Å². The Hall–Kier alpha value is -1.43. The van der Waals surface area contributed by atoms with Crippen molar-refractivity contribution in [1.29, 1.82) is 0 Å². The number of aryl methyl sites for hydroxylation is 2. The molecule has 0 bridgehead atoms. The number of nitrogens with zero attached hydrogens (tertiary/aromatic N) is 1. The van der Waals surface area contributed by atoms with E-state index >= 15 is 0 Å². The summed E-state index contributed by atoms with van der Waals surface area (Å²) in [6.07, 6.45) is 3.52. The van der Waals surface area contributed by atoms with Gasteiger partial charge in [0, 0.05) is 31.6 Å². The highest BCUT2D eigenvalue weighted by atomic mass is 16.7. The second-order valence-electron chi connectivity index (χ2n) is 6.59. The average molecular weight is 332 g/mol. The fraction of sp³-hybridized carbons (Fsp3) is 0.632. The summed E-state index contributed by atoms with van der Waals surface area (Å²) in [6, 6.07) is 6.25. The molecule has 0 atom stereocenters. The maximum atomic E-state index is 12.5. The van der Waals surface area contributed by atoms with Crippen LogP contribution in [0.1, 0.15) is 37.8 Å². The number of anilines is 1. The van der Waals surface area contributed by atoms with E-state index in [0.717, 1.165) is 44.5 Å². The molecule has 2 aliphatic rings. The lowest BCUT2D eigenvalue weighted by molar-refractivity contribution is -0.185. The molecule has 2 heterocycles. The Kier molecular flexibility index (Phi) is 5.54. The fourth-order valence-electron chi connectivity index (χ4n) is 3.62. The van der Waals surface area contributed by atoms with Gasteiger partial charge in [-0.05, 0) is 24.0 Å². The molecular weight excluding hydrogens is 304 g/mol. The van der Waals surface area contributed by atoms with E-state index in [-0.39, 0.29) is 11.7 Å². The van der Waals surface area contributed by atoms with Gasteiger partial charge in [0.15, 0.2) is 5.79 Å². The van der Waals surface area contributed by atoms with E-state index in [1.807, 2.05) is 0 Å². The zero-order valence-electron chi connectivity index (χ0n) is 14.8. The van der Waals surface area contributed by atoms with Crippen LogP contribution >= 0.6 is 0 Å². The molecule has 1 aromatic rings. The highest BCUT2D eigenvalue weighted by molar-refractivity contribution is 5.93. The monoisotopic (exact) mass is 332 g/mol. The minimum Gasteiger partial charge on any atom is -0.347 e. The molecule has 24 heavy (non-hydrogen) atoms. The van der Waals surface area contributed by atoms with Crippen molar-refractivity contribution < 1.29 is 14.3 Å². The molecule has 2 aliphatic heterocycles. The molecule has 0 saturated carbocycles. The Morgan fingerprint density at radius 3 is 2.25 bits per heavy atom. The second-order valence-corrected chi connectivity index (χ2v) is 6.59. The summed E-state index contributed by atoms with van der Waals surface area (Å²) in [4.78, 5) is 14.7. The van der Waals surface area contributed by atoms with Crippen LogP contribution in [0.15, 0.2) is 18.2 Å². The summed E-state index contributed by atoms with van der Waals surface area (Å²) in [5, 5.41) is 3.15. The summed E-state index contributed by atoms with van der Waals surface area (Å²) < 4.78 is 11.5. The maximum Gasteiger partial charge on any atom is 0.238 e. The number of amides is 1. The van der Waals surface area contributed by atoms with Crippen molar-refractivity contribution in [2.75, 3.05) is 38.2 Å². The molecule has 132 valence electrons. The van der Waals surface area contributed by atoms with Gasteiger partial charge in [-0.15, -0.1) is 0 Å². The van der Waals surface area contributed by atoms with Gasteiger partial charge in [-0.25, -0.2) is 0 Å². The molecule has 1 amide bonds. The van der Waals surface area contributed by atoms with Crippen molar-refractivity contribution >= 4 is 11.6 Å². The number of carbonyl (C=O) groups excluding carboxylic acids is 1. The summed E-state index contributed by atoms with van der Waals surface area (Å²) in [5.41, 5.74) is 3.41. The van der Waals surface area contributed by atoms with Gasteiger partial charge in [0.1, 0.15) is 0 Å². The first-order chi connectivity index (χ1) is 11.7. The number of rotatable bonds is 5. The molecule has 0 aliphatic carbocycles. The van der Waals surface area contributed by atoms with Crippen molar-refractivity contribution in [3.05, 3.63) is 29.3 Å². The Balaban J connectivity index is 1.57. The van der Waals surface area contributed by atoms with Gasteiger partial charge in [0.25, 0.3) is 0 Å². The average Bonchev–Trinajstić information content (AvgIpc) is 3.05. The van der Waals surface area contributed by atoms with E-state index in [4.69, 9.17) is 9.47 Å². The van der Waals surface area contributed by atoms with Crippen molar-refractivity contribution in [3.8, 4) is 0 Å². The van der Waals surface area contributed by atoms with Gasteiger partial charge in [-0.2, -0.15) is 0 Å². The van der Waals surface area contributed by atoms with Crippen molar-refractivity contribution in [2.24, 2.45) is 0 Å². The normalized spacial score (nSPS) is 20.4. The third-order valence-corrected chi connectivity index (χ3v) is 5.06. The number of piperidine rings is 1. The molecule has 2 fully saturated rings. The van der Waals surface area contributed by atoms with E-state index in [0.29, 0.717) is 19.8 Å². The highest BCUT2D eigenvalue weighted by Crippen LogP contribution is 2.31. The first-order valence-electron chi connectivity index (χ1n) is 9.06. The van der Waals surface area contributed by atoms with Crippen LogP contribution in [0.25, 0.3) is 0 Å². The predicted octanol–water partition coefficient (Wildman–Crippen LogP) is 2.59. The summed E-state index contributed by atoms with van der Waals surface area (Å²) in [5.74, 6) is -0.313. The molecule has 0 aromatic heterocycles. The lowest BCUT2D eigenvalue weighted by atomic mass is 10.0. The van der Waals surface area contributed by atoms with Gasteiger partial charge in [-0.1, -0.05) is 32.0 Å². The number of nitrogens with one attached hydrogen (secondary N) is 1. The van der Waals surface area contributed by atoms with Crippen molar-refractivity contribution in [1.82, 2.24) is 4.90 Å². The van der Waals surface area contributed by atoms with Crippen LogP contribution in [0.3, 0.4) is 0 Å². The van der Waals surface area contributed by atoms with E-state index in [2.05, 4.69) is 42.3 Å². The number of hydrogen-bond donors (Lipinski definition) is 1.